The summed E-state index contributed by atoms with van der Waals surface area (Å²) in [7, 11) is 1.86. The zero-order valence-corrected chi connectivity index (χ0v) is 14.4. The van der Waals surface area contributed by atoms with Crippen molar-refractivity contribution >= 4 is 0 Å². The molecule has 1 saturated heterocycles. The highest BCUT2D eigenvalue weighted by Crippen LogP contribution is 2.20. The normalized spacial score (nSPS) is 20.4. The van der Waals surface area contributed by atoms with Crippen LogP contribution in [0.5, 0.6) is 0 Å². The van der Waals surface area contributed by atoms with Crippen LogP contribution in [0.1, 0.15) is 71.6 Å². The quantitative estimate of drug-likeness (QED) is 0.327. The van der Waals surface area contributed by atoms with Crippen LogP contribution in [0.15, 0.2) is 0 Å². The van der Waals surface area contributed by atoms with Crippen LogP contribution in [0.2, 0.25) is 0 Å². The SMILES string of the molecule is CCCCCCCCC(OC)C(C)CCCOCC1CO1. The van der Waals surface area contributed by atoms with Crippen molar-refractivity contribution in [2.45, 2.75) is 83.8 Å². The van der Waals surface area contributed by atoms with Crippen molar-refractivity contribution in [3.05, 3.63) is 0 Å². The molecule has 0 spiro atoms. The van der Waals surface area contributed by atoms with E-state index in [2.05, 4.69) is 13.8 Å². The monoisotopic (exact) mass is 300 g/mol. The second-order valence-electron chi connectivity index (χ2n) is 6.48. The molecular formula is C18H36O3. The predicted octanol–water partition coefficient (Wildman–Crippen LogP) is 4.58. The van der Waals surface area contributed by atoms with Crippen molar-refractivity contribution in [2.75, 3.05) is 26.9 Å². The van der Waals surface area contributed by atoms with Crippen molar-refractivity contribution < 1.29 is 14.2 Å². The molecule has 0 bridgehead atoms. The van der Waals surface area contributed by atoms with E-state index in [0.717, 1.165) is 26.2 Å². The topological polar surface area (TPSA) is 31.0 Å². The summed E-state index contributed by atoms with van der Waals surface area (Å²) < 4.78 is 16.4. The molecule has 1 aliphatic rings. The Labute approximate surface area is 131 Å². The van der Waals surface area contributed by atoms with Gasteiger partial charge in [0.2, 0.25) is 0 Å². The van der Waals surface area contributed by atoms with Gasteiger partial charge in [0.25, 0.3) is 0 Å². The first-order chi connectivity index (χ1) is 10.3. The van der Waals surface area contributed by atoms with Crippen LogP contribution in [-0.4, -0.2) is 39.1 Å². The molecule has 0 aromatic heterocycles. The van der Waals surface area contributed by atoms with Gasteiger partial charge in [-0.15, -0.1) is 0 Å². The first kappa shape index (κ1) is 18.9. The van der Waals surface area contributed by atoms with E-state index < -0.39 is 0 Å². The van der Waals surface area contributed by atoms with E-state index in [1.807, 2.05) is 7.11 Å². The molecule has 1 fully saturated rings. The molecule has 126 valence electrons. The molecule has 0 radical (unpaired) electrons. The van der Waals surface area contributed by atoms with E-state index in [1.54, 1.807) is 0 Å². The van der Waals surface area contributed by atoms with Crippen molar-refractivity contribution in [2.24, 2.45) is 5.92 Å². The van der Waals surface area contributed by atoms with Crippen LogP contribution in [0.4, 0.5) is 0 Å². The molecular weight excluding hydrogens is 264 g/mol. The van der Waals surface area contributed by atoms with Gasteiger partial charge in [-0.2, -0.15) is 0 Å². The van der Waals surface area contributed by atoms with Crippen molar-refractivity contribution in [1.82, 2.24) is 0 Å². The number of hydrogen-bond acceptors (Lipinski definition) is 3. The van der Waals surface area contributed by atoms with Gasteiger partial charge in [0.05, 0.1) is 19.3 Å². The molecule has 1 rings (SSSR count). The molecule has 3 nitrogen and oxygen atoms in total. The molecule has 0 aliphatic carbocycles. The fourth-order valence-electron chi connectivity index (χ4n) is 2.83. The van der Waals surface area contributed by atoms with Crippen molar-refractivity contribution in [3.63, 3.8) is 0 Å². The summed E-state index contributed by atoms with van der Waals surface area (Å²) in [6, 6.07) is 0. The third kappa shape index (κ3) is 10.3. The summed E-state index contributed by atoms with van der Waals surface area (Å²) in [5.41, 5.74) is 0. The Morgan fingerprint density at radius 3 is 2.43 bits per heavy atom. The average Bonchev–Trinajstić information content (AvgIpc) is 3.30. The minimum atomic E-state index is 0.391. The van der Waals surface area contributed by atoms with Gasteiger partial charge in [-0.1, -0.05) is 52.4 Å². The molecule has 0 N–H and O–H groups in total. The Bertz CT molecular complexity index is 229. The second kappa shape index (κ2) is 12.4. The van der Waals surface area contributed by atoms with E-state index in [4.69, 9.17) is 14.2 Å². The molecule has 3 atom stereocenters. The molecule has 3 unspecified atom stereocenters. The second-order valence-corrected chi connectivity index (χ2v) is 6.48. The number of unbranched alkanes of at least 4 members (excludes halogenated alkanes) is 5. The third-order valence-corrected chi connectivity index (χ3v) is 4.43. The molecule has 1 heterocycles. The Morgan fingerprint density at radius 2 is 1.76 bits per heavy atom. The van der Waals surface area contributed by atoms with Gasteiger partial charge < -0.3 is 14.2 Å². The first-order valence-corrected chi connectivity index (χ1v) is 9.00. The zero-order valence-electron chi connectivity index (χ0n) is 14.4. The smallest absolute Gasteiger partial charge is 0.104 e. The van der Waals surface area contributed by atoms with E-state index in [0.29, 0.717) is 18.1 Å². The fourth-order valence-corrected chi connectivity index (χ4v) is 2.83. The van der Waals surface area contributed by atoms with Gasteiger partial charge in [0, 0.05) is 13.7 Å². The molecule has 0 aromatic carbocycles. The van der Waals surface area contributed by atoms with Crippen LogP contribution in [0.25, 0.3) is 0 Å². The largest absolute Gasteiger partial charge is 0.381 e. The Balaban J connectivity index is 1.95. The zero-order chi connectivity index (χ0) is 15.3. The Morgan fingerprint density at radius 1 is 1.05 bits per heavy atom. The third-order valence-electron chi connectivity index (χ3n) is 4.43. The highest BCUT2D eigenvalue weighted by Gasteiger charge is 2.22. The molecule has 0 amide bonds. The maximum Gasteiger partial charge on any atom is 0.104 e. The number of epoxide rings is 1. The number of ether oxygens (including phenoxy) is 3. The summed E-state index contributed by atoms with van der Waals surface area (Å²) in [6.07, 6.45) is 12.5. The lowest BCUT2D eigenvalue weighted by Gasteiger charge is -2.22. The highest BCUT2D eigenvalue weighted by molar-refractivity contribution is 4.68. The lowest BCUT2D eigenvalue weighted by molar-refractivity contribution is 0.0402. The van der Waals surface area contributed by atoms with Crippen molar-refractivity contribution in [3.8, 4) is 0 Å². The van der Waals surface area contributed by atoms with Crippen LogP contribution in [0.3, 0.4) is 0 Å². The summed E-state index contributed by atoms with van der Waals surface area (Å²) in [6.45, 7) is 7.11. The predicted molar refractivity (Wildman–Crippen MR) is 87.7 cm³/mol. The van der Waals surface area contributed by atoms with Crippen molar-refractivity contribution in [1.29, 1.82) is 0 Å². The lowest BCUT2D eigenvalue weighted by atomic mass is 9.94. The maximum atomic E-state index is 5.68. The lowest BCUT2D eigenvalue weighted by Crippen LogP contribution is -2.21. The molecule has 1 aliphatic heterocycles. The van der Waals surface area contributed by atoms with E-state index >= 15 is 0 Å². The van der Waals surface area contributed by atoms with E-state index in [-0.39, 0.29) is 0 Å². The summed E-state index contributed by atoms with van der Waals surface area (Å²) >= 11 is 0. The summed E-state index contributed by atoms with van der Waals surface area (Å²) in [5, 5.41) is 0. The van der Waals surface area contributed by atoms with Gasteiger partial charge in [-0.3, -0.25) is 0 Å². The molecule has 3 heteroatoms. The van der Waals surface area contributed by atoms with Gasteiger partial charge >= 0.3 is 0 Å². The highest BCUT2D eigenvalue weighted by atomic mass is 16.6. The maximum absolute atomic E-state index is 5.68. The first-order valence-electron chi connectivity index (χ1n) is 9.00. The van der Waals surface area contributed by atoms with Gasteiger partial charge in [0.15, 0.2) is 0 Å². The fraction of sp³-hybridized carbons (Fsp3) is 1.00. The average molecular weight is 300 g/mol. The Kier molecular flexibility index (Phi) is 11.2. The van der Waals surface area contributed by atoms with Crippen LogP contribution in [0, 0.1) is 5.92 Å². The minimum Gasteiger partial charge on any atom is -0.381 e. The van der Waals surface area contributed by atoms with Gasteiger partial charge in [0.1, 0.15) is 6.10 Å². The summed E-state index contributed by atoms with van der Waals surface area (Å²) in [4.78, 5) is 0. The minimum absolute atomic E-state index is 0.391. The van der Waals surface area contributed by atoms with Crippen LogP contribution in [-0.2, 0) is 14.2 Å². The Hall–Kier alpha value is -0.120. The van der Waals surface area contributed by atoms with Gasteiger partial charge in [-0.25, -0.2) is 0 Å². The molecule has 0 saturated carbocycles. The number of rotatable bonds is 15. The van der Waals surface area contributed by atoms with Gasteiger partial charge in [-0.05, 0) is 25.2 Å². The molecule has 0 aromatic rings. The standard InChI is InChI=1S/C18H36O3/c1-4-5-6-7-8-9-12-18(19-3)16(2)11-10-13-20-14-17-15-21-17/h16-18H,4-15H2,1-3H3. The van der Waals surface area contributed by atoms with Crippen LogP contribution >= 0.6 is 0 Å². The van der Waals surface area contributed by atoms with Crippen LogP contribution < -0.4 is 0 Å². The number of methoxy groups -OCH3 is 1. The van der Waals surface area contributed by atoms with E-state index in [9.17, 15) is 0 Å². The summed E-state index contributed by atoms with van der Waals surface area (Å²) in [5.74, 6) is 0.631. The number of hydrogen-bond donors (Lipinski definition) is 0. The molecule has 21 heavy (non-hydrogen) atoms. The van der Waals surface area contributed by atoms with E-state index in [1.165, 1.54) is 51.4 Å².